The number of hydrazone groups is 1. The third-order valence-electron chi connectivity index (χ3n) is 6.38. The first-order valence-electron chi connectivity index (χ1n) is 12.1. The Hall–Kier alpha value is -3.68. The molecule has 3 heterocycles. The van der Waals surface area contributed by atoms with Gasteiger partial charge in [0.1, 0.15) is 11.9 Å². The third kappa shape index (κ3) is 5.27. The minimum absolute atomic E-state index is 0.00626. The fourth-order valence-corrected chi connectivity index (χ4v) is 5.23. The van der Waals surface area contributed by atoms with E-state index in [1.54, 1.807) is 24.3 Å². The fourth-order valence-electron chi connectivity index (χ4n) is 4.45. The molecule has 0 radical (unpaired) electrons. The van der Waals surface area contributed by atoms with Gasteiger partial charge in [-0.05, 0) is 54.8 Å². The zero-order valence-electron chi connectivity index (χ0n) is 20.1. The van der Waals surface area contributed by atoms with Crippen molar-refractivity contribution < 1.29 is 9.53 Å². The number of amidine groups is 1. The molecule has 186 valence electrons. The van der Waals surface area contributed by atoms with Crippen LogP contribution in [0.1, 0.15) is 43.4 Å². The molecule has 0 bridgehead atoms. The van der Waals surface area contributed by atoms with Gasteiger partial charge in [0.05, 0.1) is 36.1 Å². The lowest BCUT2D eigenvalue weighted by Crippen LogP contribution is -2.54. The second-order valence-electron chi connectivity index (χ2n) is 8.86. The van der Waals surface area contributed by atoms with Gasteiger partial charge in [0.2, 0.25) is 5.91 Å². The number of thioether (sulfide) groups is 1. The van der Waals surface area contributed by atoms with Gasteiger partial charge in [-0.15, -0.1) is 0 Å². The van der Waals surface area contributed by atoms with Gasteiger partial charge in [0.15, 0.2) is 5.17 Å². The summed E-state index contributed by atoms with van der Waals surface area (Å²) in [5.41, 5.74) is 9.29. The summed E-state index contributed by atoms with van der Waals surface area (Å²) in [6.45, 7) is 2.91. The van der Waals surface area contributed by atoms with E-state index in [1.807, 2.05) is 24.5 Å². The minimum Gasteiger partial charge on any atom is -0.494 e. The molecular weight excluding hydrogens is 474 g/mol. The number of hydrogen-bond acceptors (Lipinski definition) is 9. The average Bonchev–Trinajstić information content (AvgIpc) is 3.53. The Labute approximate surface area is 215 Å². The SMILES string of the molecule is CCCCOc1ccc(C2CC3C4NN=C(SCC(=O)Nc5ccc(C#N)cc5)N4C=CN3N2)cc1. The monoisotopic (exact) mass is 503 g/mol. The molecular formula is C26H29N7O2S. The topological polar surface area (TPSA) is 105 Å². The van der Waals surface area contributed by atoms with E-state index in [0.717, 1.165) is 36.8 Å². The number of fused-ring (bicyclic) bond motifs is 3. The molecule has 2 aromatic rings. The summed E-state index contributed by atoms with van der Waals surface area (Å²) in [6, 6.07) is 17.6. The molecule has 3 N–H and O–H groups in total. The standard InChI is InChI=1S/C26H29N7O2S/c1-2-3-14-35-21-10-6-19(7-11-21)22-15-23-25-29-30-26(32(25)12-13-33(23)31-22)36-17-24(34)28-20-8-4-18(16-27)5-9-20/h4-13,22-23,25,29,31H,2-3,14-15,17H2,1H3,(H,28,34). The number of carbonyl (C=O) groups is 1. The largest absolute Gasteiger partial charge is 0.494 e. The van der Waals surface area contributed by atoms with E-state index in [9.17, 15) is 4.79 Å². The van der Waals surface area contributed by atoms with Crippen LogP contribution < -0.4 is 20.9 Å². The van der Waals surface area contributed by atoms with Crippen LogP contribution >= 0.6 is 11.8 Å². The normalized spacial score (nSPS) is 21.8. The molecule has 5 rings (SSSR count). The molecule has 36 heavy (non-hydrogen) atoms. The van der Waals surface area contributed by atoms with E-state index in [0.29, 0.717) is 11.3 Å². The van der Waals surface area contributed by atoms with Crippen LogP contribution in [-0.4, -0.2) is 45.6 Å². The number of hydrazine groups is 1. The predicted molar refractivity (Wildman–Crippen MR) is 141 cm³/mol. The predicted octanol–water partition coefficient (Wildman–Crippen LogP) is 3.72. The molecule has 2 aromatic carbocycles. The Balaban J connectivity index is 1.13. The second kappa shape index (κ2) is 10.9. The molecule has 1 amide bonds. The maximum atomic E-state index is 12.4. The summed E-state index contributed by atoms with van der Waals surface area (Å²) < 4.78 is 5.79. The van der Waals surface area contributed by atoms with Crippen LogP contribution in [0.4, 0.5) is 5.69 Å². The van der Waals surface area contributed by atoms with E-state index in [1.165, 1.54) is 17.3 Å². The Morgan fingerprint density at radius 3 is 2.78 bits per heavy atom. The highest BCUT2D eigenvalue weighted by Gasteiger charge is 2.44. The number of nitriles is 1. The van der Waals surface area contributed by atoms with Crippen molar-refractivity contribution in [2.45, 2.75) is 44.4 Å². The molecule has 1 fully saturated rings. The van der Waals surface area contributed by atoms with E-state index in [-0.39, 0.29) is 29.9 Å². The van der Waals surface area contributed by atoms with Gasteiger partial charge < -0.3 is 20.0 Å². The highest BCUT2D eigenvalue weighted by Crippen LogP contribution is 2.35. The van der Waals surface area contributed by atoms with Gasteiger partial charge in [-0.3, -0.25) is 10.2 Å². The zero-order chi connectivity index (χ0) is 24.9. The van der Waals surface area contributed by atoms with Crippen molar-refractivity contribution in [3.63, 3.8) is 0 Å². The second-order valence-corrected chi connectivity index (χ2v) is 9.81. The van der Waals surface area contributed by atoms with Crippen LogP contribution in [0.25, 0.3) is 0 Å². The molecule has 3 unspecified atom stereocenters. The Kier molecular flexibility index (Phi) is 7.30. The minimum atomic E-state index is -0.122. The van der Waals surface area contributed by atoms with Crippen molar-refractivity contribution in [1.82, 2.24) is 20.8 Å². The van der Waals surface area contributed by atoms with Crippen molar-refractivity contribution in [1.29, 1.82) is 5.26 Å². The lowest BCUT2D eigenvalue weighted by atomic mass is 10.00. The molecule has 0 aromatic heterocycles. The quantitative estimate of drug-likeness (QED) is 0.468. The van der Waals surface area contributed by atoms with Crippen LogP contribution in [0.3, 0.4) is 0 Å². The first kappa shape index (κ1) is 24.0. The van der Waals surface area contributed by atoms with Gasteiger partial charge in [-0.1, -0.05) is 37.2 Å². The lowest BCUT2D eigenvalue weighted by molar-refractivity contribution is -0.113. The first-order chi connectivity index (χ1) is 17.6. The number of unbranched alkanes of at least 4 members (excludes halogenated alkanes) is 1. The summed E-state index contributed by atoms with van der Waals surface area (Å²) in [5, 5.41) is 19.2. The van der Waals surface area contributed by atoms with Crippen LogP contribution in [0, 0.1) is 11.3 Å². The molecule has 1 saturated heterocycles. The van der Waals surface area contributed by atoms with E-state index >= 15 is 0 Å². The molecule has 3 aliphatic heterocycles. The number of benzene rings is 2. The van der Waals surface area contributed by atoms with Crippen molar-refractivity contribution in [3.05, 3.63) is 72.1 Å². The molecule has 0 aliphatic carbocycles. The van der Waals surface area contributed by atoms with E-state index < -0.39 is 0 Å². The summed E-state index contributed by atoms with van der Waals surface area (Å²) >= 11 is 1.39. The van der Waals surface area contributed by atoms with Crippen molar-refractivity contribution >= 4 is 28.5 Å². The van der Waals surface area contributed by atoms with Gasteiger partial charge in [0, 0.05) is 18.1 Å². The zero-order valence-corrected chi connectivity index (χ0v) is 20.9. The van der Waals surface area contributed by atoms with Gasteiger partial charge in [-0.2, -0.15) is 10.4 Å². The summed E-state index contributed by atoms with van der Waals surface area (Å²) in [6.07, 6.45) is 7.12. The van der Waals surface area contributed by atoms with Crippen LogP contribution in [-0.2, 0) is 4.79 Å². The van der Waals surface area contributed by atoms with Gasteiger partial charge in [0.25, 0.3) is 0 Å². The number of nitrogens with one attached hydrogen (secondary N) is 3. The highest BCUT2D eigenvalue weighted by molar-refractivity contribution is 8.14. The Morgan fingerprint density at radius 2 is 2.03 bits per heavy atom. The summed E-state index contributed by atoms with van der Waals surface area (Å²) in [4.78, 5) is 14.5. The molecule has 3 atom stereocenters. The fraction of sp³-hybridized carbons (Fsp3) is 0.346. The van der Waals surface area contributed by atoms with Crippen LogP contribution in [0.5, 0.6) is 5.75 Å². The number of hydrogen-bond donors (Lipinski definition) is 3. The average molecular weight is 504 g/mol. The number of amides is 1. The van der Waals surface area contributed by atoms with Gasteiger partial charge in [-0.25, -0.2) is 5.43 Å². The van der Waals surface area contributed by atoms with Crippen LogP contribution in [0.15, 0.2) is 66.0 Å². The van der Waals surface area contributed by atoms with E-state index in [4.69, 9.17) is 10.00 Å². The maximum Gasteiger partial charge on any atom is 0.234 e. The number of nitrogens with zero attached hydrogens (tertiary/aromatic N) is 4. The van der Waals surface area contributed by atoms with Crippen molar-refractivity contribution in [2.24, 2.45) is 5.10 Å². The Morgan fingerprint density at radius 1 is 1.22 bits per heavy atom. The molecule has 0 spiro atoms. The highest BCUT2D eigenvalue weighted by atomic mass is 32.2. The van der Waals surface area contributed by atoms with E-state index in [2.05, 4.69) is 56.3 Å². The number of carbonyl (C=O) groups excluding carboxylic acids is 1. The molecule has 3 aliphatic rings. The Bertz CT molecular complexity index is 1180. The smallest absolute Gasteiger partial charge is 0.234 e. The molecule has 0 saturated carbocycles. The molecule has 9 nitrogen and oxygen atoms in total. The number of anilines is 1. The van der Waals surface area contributed by atoms with Crippen molar-refractivity contribution in [3.8, 4) is 11.8 Å². The van der Waals surface area contributed by atoms with Gasteiger partial charge >= 0.3 is 0 Å². The first-order valence-corrected chi connectivity index (χ1v) is 13.1. The number of ether oxygens (including phenoxy) is 1. The van der Waals surface area contributed by atoms with Crippen molar-refractivity contribution in [2.75, 3.05) is 17.7 Å². The lowest BCUT2D eigenvalue weighted by Gasteiger charge is -2.36. The maximum absolute atomic E-state index is 12.4. The van der Waals surface area contributed by atoms with Crippen LogP contribution in [0.2, 0.25) is 0 Å². The third-order valence-corrected chi connectivity index (χ3v) is 7.35. The summed E-state index contributed by atoms with van der Waals surface area (Å²) in [7, 11) is 0. The summed E-state index contributed by atoms with van der Waals surface area (Å²) in [5.74, 6) is 1.02. The number of rotatable bonds is 8. The molecule has 10 heteroatoms.